The molecule has 0 unspecified atom stereocenters. The minimum Gasteiger partial charge on any atom is -0.456 e. The van der Waals surface area contributed by atoms with Gasteiger partial charge in [-0.25, -0.2) is 15.0 Å². The standard InChI is InChI=1S/C47H27N3O2/c1-2-11-29(12-3-1)45-48-46(32-21-22-34-30(26-32)19-18-28-10-4-5-13-33(28)34)50-47(49-45)44-35(24-25-41-43(44)38-15-7-9-17-40(38)51-41)31-20-23-37-36-14-6-8-16-39(36)52-42(37)27-31/h1-27H. The first kappa shape index (κ1) is 28.7. The van der Waals surface area contributed by atoms with Crippen molar-refractivity contribution in [2.75, 3.05) is 0 Å². The Bertz CT molecular complexity index is 3190. The number of furan rings is 2. The lowest BCUT2D eigenvalue weighted by molar-refractivity contribution is 0.669. The van der Waals surface area contributed by atoms with E-state index in [9.17, 15) is 0 Å². The minimum absolute atomic E-state index is 0.569. The highest BCUT2D eigenvalue weighted by molar-refractivity contribution is 6.16. The van der Waals surface area contributed by atoms with E-state index in [2.05, 4.69) is 91.0 Å². The second-order valence-corrected chi connectivity index (χ2v) is 13.2. The molecule has 5 nitrogen and oxygen atoms in total. The van der Waals surface area contributed by atoms with Gasteiger partial charge in [-0.1, -0.05) is 121 Å². The van der Waals surface area contributed by atoms with Gasteiger partial charge in [0, 0.05) is 38.2 Å². The van der Waals surface area contributed by atoms with E-state index in [4.69, 9.17) is 23.8 Å². The molecule has 0 saturated carbocycles. The van der Waals surface area contributed by atoms with Crippen molar-refractivity contribution in [2.24, 2.45) is 0 Å². The number of rotatable bonds is 4. The van der Waals surface area contributed by atoms with Crippen LogP contribution in [0.4, 0.5) is 0 Å². The Hall–Kier alpha value is -7.11. The third kappa shape index (κ3) is 4.46. The normalized spacial score (nSPS) is 11.8. The van der Waals surface area contributed by atoms with Gasteiger partial charge in [0.15, 0.2) is 17.5 Å². The molecule has 11 rings (SSSR count). The van der Waals surface area contributed by atoms with Gasteiger partial charge >= 0.3 is 0 Å². The van der Waals surface area contributed by atoms with Crippen molar-refractivity contribution in [3.8, 4) is 45.3 Å². The average molecular weight is 666 g/mol. The fraction of sp³-hybridized carbons (Fsp3) is 0. The summed E-state index contributed by atoms with van der Waals surface area (Å²) in [5.74, 6) is 1.77. The molecule has 0 radical (unpaired) electrons. The summed E-state index contributed by atoms with van der Waals surface area (Å²) in [5.41, 5.74) is 7.94. The van der Waals surface area contributed by atoms with Crippen LogP contribution in [0.15, 0.2) is 173 Å². The minimum atomic E-state index is 0.569. The molecule has 0 bridgehead atoms. The molecule has 0 atom stereocenters. The third-order valence-corrected chi connectivity index (χ3v) is 10.1. The van der Waals surface area contributed by atoms with Crippen molar-refractivity contribution >= 4 is 65.4 Å². The summed E-state index contributed by atoms with van der Waals surface area (Å²) < 4.78 is 12.8. The molecule has 52 heavy (non-hydrogen) atoms. The van der Waals surface area contributed by atoms with Crippen LogP contribution in [0, 0.1) is 0 Å². The van der Waals surface area contributed by atoms with E-state index < -0.39 is 0 Å². The van der Waals surface area contributed by atoms with Gasteiger partial charge in [-0.3, -0.25) is 0 Å². The molecule has 0 aliphatic heterocycles. The lowest BCUT2D eigenvalue weighted by atomic mass is 9.94. The number of para-hydroxylation sites is 2. The number of aromatic nitrogens is 3. The van der Waals surface area contributed by atoms with E-state index in [-0.39, 0.29) is 0 Å². The van der Waals surface area contributed by atoms with Crippen molar-refractivity contribution in [3.63, 3.8) is 0 Å². The van der Waals surface area contributed by atoms with Crippen LogP contribution in [0.25, 0.3) is 111 Å². The molecule has 0 amide bonds. The van der Waals surface area contributed by atoms with E-state index >= 15 is 0 Å². The van der Waals surface area contributed by atoms with Gasteiger partial charge in [0.1, 0.15) is 22.3 Å². The van der Waals surface area contributed by atoms with Crippen molar-refractivity contribution in [2.45, 2.75) is 0 Å². The second-order valence-electron chi connectivity index (χ2n) is 13.2. The second kappa shape index (κ2) is 11.2. The van der Waals surface area contributed by atoms with Crippen molar-refractivity contribution in [1.29, 1.82) is 0 Å². The molecule has 5 heteroatoms. The molecule has 3 aromatic heterocycles. The quantitative estimate of drug-likeness (QED) is 0.175. The molecule has 0 N–H and O–H groups in total. The summed E-state index contributed by atoms with van der Waals surface area (Å²) in [6.07, 6.45) is 0. The first-order valence-corrected chi connectivity index (χ1v) is 17.3. The predicted octanol–water partition coefficient (Wildman–Crippen LogP) is 12.6. The van der Waals surface area contributed by atoms with Gasteiger partial charge in [-0.05, 0) is 75.1 Å². The summed E-state index contributed by atoms with van der Waals surface area (Å²) in [6, 6.07) is 56.3. The van der Waals surface area contributed by atoms with Crippen molar-refractivity contribution in [3.05, 3.63) is 164 Å². The van der Waals surface area contributed by atoms with E-state index in [0.29, 0.717) is 17.5 Å². The van der Waals surface area contributed by atoms with Gasteiger partial charge in [0.2, 0.25) is 0 Å². The number of benzene rings is 8. The molecule has 8 aromatic carbocycles. The van der Waals surface area contributed by atoms with Crippen LogP contribution in [0.5, 0.6) is 0 Å². The topological polar surface area (TPSA) is 65.0 Å². The smallest absolute Gasteiger partial charge is 0.165 e. The highest BCUT2D eigenvalue weighted by Crippen LogP contribution is 2.43. The van der Waals surface area contributed by atoms with Gasteiger partial charge in [-0.15, -0.1) is 0 Å². The molecular weight excluding hydrogens is 639 g/mol. The third-order valence-electron chi connectivity index (χ3n) is 10.1. The Kier molecular flexibility index (Phi) is 6.18. The van der Waals surface area contributed by atoms with Gasteiger partial charge in [0.25, 0.3) is 0 Å². The first-order chi connectivity index (χ1) is 25.7. The molecule has 0 fully saturated rings. The number of nitrogens with zero attached hydrogens (tertiary/aromatic N) is 3. The average Bonchev–Trinajstić information content (AvgIpc) is 3.78. The Morgan fingerprint density at radius 1 is 0.327 bits per heavy atom. The van der Waals surface area contributed by atoms with E-state index in [1.54, 1.807) is 0 Å². The van der Waals surface area contributed by atoms with E-state index in [1.165, 1.54) is 16.2 Å². The lowest BCUT2D eigenvalue weighted by Gasteiger charge is -2.14. The summed E-state index contributed by atoms with van der Waals surface area (Å²) in [7, 11) is 0. The lowest BCUT2D eigenvalue weighted by Crippen LogP contribution is -2.01. The number of hydrogen-bond acceptors (Lipinski definition) is 5. The zero-order valence-electron chi connectivity index (χ0n) is 27.7. The summed E-state index contributed by atoms with van der Waals surface area (Å²) in [4.78, 5) is 15.6. The molecule has 3 heterocycles. The van der Waals surface area contributed by atoms with Crippen LogP contribution in [0.1, 0.15) is 0 Å². The monoisotopic (exact) mass is 665 g/mol. The molecule has 0 saturated heterocycles. The van der Waals surface area contributed by atoms with E-state index in [1.807, 2.05) is 72.8 Å². The highest BCUT2D eigenvalue weighted by atomic mass is 16.3. The van der Waals surface area contributed by atoms with Crippen LogP contribution in [0.3, 0.4) is 0 Å². The molecule has 0 aliphatic carbocycles. The molecule has 0 spiro atoms. The first-order valence-electron chi connectivity index (χ1n) is 17.3. The molecule has 242 valence electrons. The Morgan fingerprint density at radius 2 is 0.923 bits per heavy atom. The number of hydrogen-bond donors (Lipinski definition) is 0. The van der Waals surface area contributed by atoms with Crippen molar-refractivity contribution in [1.82, 2.24) is 15.0 Å². The summed E-state index contributed by atoms with van der Waals surface area (Å²) in [6.45, 7) is 0. The predicted molar refractivity (Wildman–Crippen MR) is 211 cm³/mol. The fourth-order valence-electron chi connectivity index (χ4n) is 7.67. The maximum Gasteiger partial charge on any atom is 0.165 e. The van der Waals surface area contributed by atoms with Gasteiger partial charge in [-0.2, -0.15) is 0 Å². The van der Waals surface area contributed by atoms with Crippen LogP contribution < -0.4 is 0 Å². The van der Waals surface area contributed by atoms with Crippen LogP contribution in [-0.2, 0) is 0 Å². The molecule has 0 aliphatic rings. The van der Waals surface area contributed by atoms with Crippen LogP contribution in [-0.4, -0.2) is 15.0 Å². The van der Waals surface area contributed by atoms with Crippen molar-refractivity contribution < 1.29 is 8.83 Å². The summed E-state index contributed by atoms with van der Waals surface area (Å²) in [5, 5.41) is 8.88. The van der Waals surface area contributed by atoms with Gasteiger partial charge in [0.05, 0.1) is 0 Å². The molecule has 11 aromatic rings. The maximum absolute atomic E-state index is 6.44. The largest absolute Gasteiger partial charge is 0.456 e. The Balaban J connectivity index is 1.20. The maximum atomic E-state index is 6.44. The molecular formula is C47H27N3O2. The SMILES string of the molecule is c1ccc(-c2nc(-c3ccc4c(ccc5ccccc54)c3)nc(-c3c(-c4ccc5c(c4)oc4ccccc45)ccc4oc5ccccc5c34)n2)cc1. The fourth-order valence-corrected chi connectivity index (χ4v) is 7.67. The number of fused-ring (bicyclic) bond motifs is 9. The zero-order valence-corrected chi connectivity index (χ0v) is 27.7. The van der Waals surface area contributed by atoms with Gasteiger partial charge < -0.3 is 8.83 Å². The zero-order chi connectivity index (χ0) is 34.2. The summed E-state index contributed by atoms with van der Waals surface area (Å²) >= 11 is 0. The van der Waals surface area contributed by atoms with Crippen LogP contribution >= 0.6 is 0 Å². The highest BCUT2D eigenvalue weighted by Gasteiger charge is 2.23. The van der Waals surface area contributed by atoms with Crippen LogP contribution in [0.2, 0.25) is 0 Å². The Labute approximate surface area is 297 Å². The Morgan fingerprint density at radius 3 is 1.79 bits per heavy atom. The van der Waals surface area contributed by atoms with E-state index in [0.717, 1.165) is 77.1 Å².